The predicted molar refractivity (Wildman–Crippen MR) is 124 cm³/mol. The minimum Gasteiger partial charge on any atom is -0.331 e. The van der Waals surface area contributed by atoms with E-state index in [2.05, 4.69) is 15.6 Å². The van der Waals surface area contributed by atoms with Gasteiger partial charge in [0.05, 0.1) is 10.2 Å². The summed E-state index contributed by atoms with van der Waals surface area (Å²) in [5, 5.41) is 6.38. The number of aromatic nitrogens is 1. The minimum absolute atomic E-state index is 0.0388. The van der Waals surface area contributed by atoms with Crippen LogP contribution in [0.25, 0.3) is 10.2 Å². The van der Waals surface area contributed by atoms with Crippen molar-refractivity contribution < 1.29 is 14.4 Å². The van der Waals surface area contributed by atoms with E-state index in [4.69, 9.17) is 0 Å². The number of amides is 3. The quantitative estimate of drug-likeness (QED) is 0.621. The Morgan fingerprint density at radius 1 is 1.16 bits per heavy atom. The maximum absolute atomic E-state index is 12.9. The average molecular weight is 449 g/mol. The van der Waals surface area contributed by atoms with Crippen LogP contribution in [0.5, 0.6) is 0 Å². The first kappa shape index (κ1) is 20.6. The number of para-hydroxylation sites is 2. The molecule has 0 saturated carbocycles. The van der Waals surface area contributed by atoms with Crippen LogP contribution in [0.1, 0.15) is 31.2 Å². The van der Waals surface area contributed by atoms with Crippen LogP contribution in [0.15, 0.2) is 48.5 Å². The first-order valence-electron chi connectivity index (χ1n) is 10.9. The van der Waals surface area contributed by atoms with Crippen LogP contribution >= 0.6 is 11.3 Å². The Hall–Kier alpha value is -3.26. The van der Waals surface area contributed by atoms with Gasteiger partial charge in [-0.1, -0.05) is 41.7 Å². The van der Waals surface area contributed by atoms with Gasteiger partial charge in [0, 0.05) is 24.6 Å². The van der Waals surface area contributed by atoms with E-state index in [1.165, 1.54) is 11.3 Å². The fraction of sp³-hybridized carbons (Fsp3) is 0.333. The smallest absolute Gasteiger partial charge is 0.248 e. The van der Waals surface area contributed by atoms with Gasteiger partial charge in [-0.2, -0.15) is 0 Å². The number of thiazole rings is 1. The van der Waals surface area contributed by atoms with Gasteiger partial charge in [-0.05, 0) is 49.4 Å². The maximum Gasteiger partial charge on any atom is 0.248 e. The summed E-state index contributed by atoms with van der Waals surface area (Å²) in [7, 11) is 0. The summed E-state index contributed by atoms with van der Waals surface area (Å²) in [5.74, 6) is -0.535. The lowest BCUT2D eigenvalue weighted by Crippen LogP contribution is -2.43. The van der Waals surface area contributed by atoms with Crippen molar-refractivity contribution in [2.75, 3.05) is 17.2 Å². The molecule has 1 aromatic heterocycles. The van der Waals surface area contributed by atoms with Crippen LogP contribution in [0, 0.1) is 5.92 Å². The standard InChI is InChI=1S/C24H24N4O3S/c29-21(12-11-16-14-15-6-1-2-7-17(15)25-22(16)30)28-13-5-9-19(28)23(31)27-24-26-18-8-3-4-10-20(18)32-24/h1-4,6-8,10,16,19H,5,9,11-14H2,(H,25,30)(H,26,27,31). The number of benzene rings is 2. The van der Waals surface area contributed by atoms with E-state index in [1.807, 2.05) is 48.5 Å². The molecule has 3 heterocycles. The van der Waals surface area contributed by atoms with Gasteiger partial charge in [-0.15, -0.1) is 0 Å². The number of rotatable bonds is 5. The lowest BCUT2D eigenvalue weighted by atomic mass is 9.89. The number of likely N-dealkylation sites (tertiary alicyclic amines) is 1. The highest BCUT2D eigenvalue weighted by molar-refractivity contribution is 7.22. The Morgan fingerprint density at radius 2 is 1.97 bits per heavy atom. The third-order valence-electron chi connectivity index (χ3n) is 6.22. The van der Waals surface area contributed by atoms with Crippen LogP contribution in [-0.2, 0) is 20.8 Å². The van der Waals surface area contributed by atoms with Gasteiger partial charge < -0.3 is 15.5 Å². The van der Waals surface area contributed by atoms with E-state index in [0.717, 1.165) is 27.9 Å². The van der Waals surface area contributed by atoms with Gasteiger partial charge in [0.1, 0.15) is 6.04 Å². The Kier molecular flexibility index (Phi) is 5.61. The molecule has 8 heteroatoms. The Morgan fingerprint density at radius 3 is 2.84 bits per heavy atom. The second-order valence-corrected chi connectivity index (χ2v) is 9.34. The number of fused-ring (bicyclic) bond motifs is 2. The first-order valence-corrected chi connectivity index (χ1v) is 11.7. The second kappa shape index (κ2) is 8.70. The largest absolute Gasteiger partial charge is 0.331 e. The summed E-state index contributed by atoms with van der Waals surface area (Å²) in [6.45, 7) is 0.566. The molecule has 5 rings (SSSR count). The second-order valence-electron chi connectivity index (χ2n) is 8.31. The number of nitrogens with zero attached hydrogens (tertiary/aromatic N) is 2. The van der Waals surface area contributed by atoms with E-state index in [0.29, 0.717) is 30.9 Å². The lowest BCUT2D eigenvalue weighted by Gasteiger charge is -2.26. The van der Waals surface area contributed by atoms with Gasteiger partial charge in [-0.25, -0.2) is 4.98 Å². The van der Waals surface area contributed by atoms with Crippen molar-refractivity contribution in [3.8, 4) is 0 Å². The zero-order valence-corrected chi connectivity index (χ0v) is 18.4. The van der Waals surface area contributed by atoms with E-state index in [1.54, 1.807) is 4.90 Å². The zero-order chi connectivity index (χ0) is 22.1. The molecular formula is C24H24N4O3S. The molecule has 0 spiro atoms. The van der Waals surface area contributed by atoms with Crippen molar-refractivity contribution in [2.24, 2.45) is 5.92 Å². The third-order valence-corrected chi connectivity index (χ3v) is 7.17. The molecule has 164 valence electrons. The Labute approximate surface area is 189 Å². The van der Waals surface area contributed by atoms with Crippen LogP contribution in [0.2, 0.25) is 0 Å². The number of hydrogen-bond donors (Lipinski definition) is 2. The van der Waals surface area contributed by atoms with Gasteiger partial charge in [0.25, 0.3) is 0 Å². The molecule has 2 aliphatic rings. The number of nitrogens with one attached hydrogen (secondary N) is 2. The van der Waals surface area contributed by atoms with Gasteiger partial charge in [0.2, 0.25) is 17.7 Å². The molecule has 2 unspecified atom stereocenters. The molecule has 2 aromatic carbocycles. The molecule has 32 heavy (non-hydrogen) atoms. The fourth-order valence-corrected chi connectivity index (χ4v) is 5.41. The average Bonchev–Trinajstić information content (AvgIpc) is 3.44. The van der Waals surface area contributed by atoms with Crippen LogP contribution in [-0.4, -0.2) is 40.2 Å². The van der Waals surface area contributed by atoms with Crippen LogP contribution in [0.3, 0.4) is 0 Å². The number of carbonyl (C=O) groups is 3. The van der Waals surface area contributed by atoms with E-state index < -0.39 is 6.04 Å². The number of anilines is 2. The van der Waals surface area contributed by atoms with Crippen LogP contribution < -0.4 is 10.6 Å². The zero-order valence-electron chi connectivity index (χ0n) is 17.5. The molecular weight excluding hydrogens is 424 g/mol. The van der Waals surface area contributed by atoms with Crippen LogP contribution in [0.4, 0.5) is 10.8 Å². The number of hydrogen-bond acceptors (Lipinski definition) is 5. The first-order chi connectivity index (χ1) is 15.6. The Balaban J connectivity index is 1.20. The normalized spacial score (nSPS) is 20.1. The maximum atomic E-state index is 12.9. The summed E-state index contributed by atoms with van der Waals surface area (Å²) >= 11 is 1.43. The summed E-state index contributed by atoms with van der Waals surface area (Å²) in [4.78, 5) is 44.4. The topological polar surface area (TPSA) is 91.4 Å². The molecule has 1 fully saturated rings. The highest BCUT2D eigenvalue weighted by atomic mass is 32.1. The summed E-state index contributed by atoms with van der Waals surface area (Å²) in [6.07, 6.45) is 2.80. The van der Waals surface area contributed by atoms with Crippen molar-refractivity contribution in [1.29, 1.82) is 0 Å². The SMILES string of the molecule is O=C1Nc2ccccc2CC1CCC(=O)N1CCCC1C(=O)Nc1nc2ccccc2s1. The van der Waals surface area contributed by atoms with Gasteiger partial charge in [-0.3, -0.25) is 14.4 Å². The molecule has 2 aliphatic heterocycles. The van der Waals surface area contributed by atoms with Crippen molar-refractivity contribution >= 4 is 50.1 Å². The molecule has 1 saturated heterocycles. The van der Waals surface area contributed by atoms with Gasteiger partial charge >= 0.3 is 0 Å². The van der Waals surface area contributed by atoms with Crippen molar-refractivity contribution in [3.05, 3.63) is 54.1 Å². The lowest BCUT2D eigenvalue weighted by molar-refractivity contribution is -0.137. The molecule has 0 radical (unpaired) electrons. The molecule has 7 nitrogen and oxygen atoms in total. The van der Waals surface area contributed by atoms with E-state index in [9.17, 15) is 14.4 Å². The summed E-state index contributed by atoms with van der Waals surface area (Å²) in [6, 6.07) is 15.0. The van der Waals surface area contributed by atoms with Crippen molar-refractivity contribution in [2.45, 2.75) is 38.1 Å². The summed E-state index contributed by atoms with van der Waals surface area (Å²) < 4.78 is 1.01. The molecule has 2 N–H and O–H groups in total. The van der Waals surface area contributed by atoms with E-state index in [-0.39, 0.29) is 30.1 Å². The third kappa shape index (κ3) is 4.10. The van der Waals surface area contributed by atoms with Crippen molar-refractivity contribution in [3.63, 3.8) is 0 Å². The summed E-state index contributed by atoms with van der Waals surface area (Å²) in [5.41, 5.74) is 2.80. The Bertz CT molecular complexity index is 1160. The predicted octanol–water partition coefficient (Wildman–Crippen LogP) is 3.82. The molecule has 0 aliphatic carbocycles. The van der Waals surface area contributed by atoms with Gasteiger partial charge in [0.15, 0.2) is 5.13 Å². The number of carbonyl (C=O) groups excluding carboxylic acids is 3. The van der Waals surface area contributed by atoms with E-state index >= 15 is 0 Å². The highest BCUT2D eigenvalue weighted by Crippen LogP contribution is 2.29. The van der Waals surface area contributed by atoms with Crippen molar-refractivity contribution in [1.82, 2.24) is 9.88 Å². The molecule has 2 atom stereocenters. The monoisotopic (exact) mass is 448 g/mol. The molecule has 3 aromatic rings. The molecule has 0 bridgehead atoms. The minimum atomic E-state index is -0.490. The fourth-order valence-electron chi connectivity index (χ4n) is 4.54. The highest BCUT2D eigenvalue weighted by Gasteiger charge is 2.35. The molecule has 3 amide bonds.